The van der Waals surface area contributed by atoms with Crippen LogP contribution in [0, 0.1) is 11.3 Å². The van der Waals surface area contributed by atoms with Gasteiger partial charge in [-0.05, 0) is 61.3 Å². The van der Waals surface area contributed by atoms with Crippen LogP contribution in [0.2, 0.25) is 5.02 Å². The quantitative estimate of drug-likeness (QED) is 0.786. The van der Waals surface area contributed by atoms with Gasteiger partial charge >= 0.3 is 0 Å². The van der Waals surface area contributed by atoms with E-state index in [1.54, 1.807) is 50.3 Å². The summed E-state index contributed by atoms with van der Waals surface area (Å²) in [4.78, 5) is 29.1. The van der Waals surface area contributed by atoms with Gasteiger partial charge in [-0.25, -0.2) is 4.99 Å². The summed E-state index contributed by atoms with van der Waals surface area (Å²) in [5.41, 5.74) is 0.930. The number of nitrogens with zero attached hydrogens (tertiary/aromatic N) is 1. The van der Waals surface area contributed by atoms with Crippen LogP contribution in [-0.2, 0) is 9.59 Å². The Morgan fingerprint density at radius 3 is 2.38 bits per heavy atom. The van der Waals surface area contributed by atoms with Gasteiger partial charge in [0.1, 0.15) is 5.75 Å². The zero-order chi connectivity index (χ0) is 21.4. The monoisotopic (exact) mass is 412 g/mol. The van der Waals surface area contributed by atoms with Crippen LogP contribution < -0.4 is 10.1 Å². The average Bonchev–Trinajstić information content (AvgIpc) is 2.61. The molecule has 0 fully saturated rings. The maximum Gasteiger partial charge on any atom is 0.289 e. The van der Waals surface area contributed by atoms with Gasteiger partial charge in [-0.1, -0.05) is 38.4 Å². The molecule has 1 N–H and O–H groups in total. The summed E-state index contributed by atoms with van der Waals surface area (Å²) in [5, 5.41) is 3.46. The number of amides is 2. The van der Waals surface area contributed by atoms with Crippen molar-refractivity contribution in [3.05, 3.63) is 64.9 Å². The molecule has 3 rings (SSSR count). The molecule has 5 nitrogen and oxygen atoms in total. The number of hydrogen-bond donors (Lipinski definition) is 1. The first-order valence-corrected chi connectivity index (χ1v) is 9.84. The number of carbonyl (C=O) groups excluding carboxylic acids is 2. The van der Waals surface area contributed by atoms with Crippen molar-refractivity contribution in [3.63, 3.8) is 0 Å². The Balaban J connectivity index is 1.81. The molecule has 152 valence electrons. The highest BCUT2D eigenvalue weighted by Gasteiger charge is 2.34. The molecule has 1 unspecified atom stereocenters. The smallest absolute Gasteiger partial charge is 0.289 e. The lowest BCUT2D eigenvalue weighted by molar-refractivity contribution is -0.130. The average molecular weight is 413 g/mol. The predicted octanol–water partition coefficient (Wildman–Crippen LogP) is 4.64. The molecule has 0 radical (unpaired) electrons. The number of halogens is 1. The van der Waals surface area contributed by atoms with Gasteiger partial charge in [-0.2, -0.15) is 0 Å². The number of aliphatic imine (C=N–C) groups is 1. The molecular formula is C23H25ClN2O3. The molecule has 0 bridgehead atoms. The Bertz CT molecular complexity index is 961. The Labute approximate surface area is 176 Å². The van der Waals surface area contributed by atoms with Crippen LogP contribution in [0.3, 0.4) is 0 Å². The summed E-state index contributed by atoms with van der Waals surface area (Å²) in [6.07, 6.45) is 7.17. The molecular weight excluding hydrogens is 388 g/mol. The number of nitrogens with one attached hydrogen (secondary N) is 1. The van der Waals surface area contributed by atoms with E-state index in [9.17, 15) is 9.59 Å². The maximum absolute atomic E-state index is 12.8. The van der Waals surface area contributed by atoms with Crippen molar-refractivity contribution in [1.82, 2.24) is 5.32 Å². The third-order valence-corrected chi connectivity index (χ3v) is 5.04. The first-order chi connectivity index (χ1) is 13.5. The van der Waals surface area contributed by atoms with Gasteiger partial charge in [0, 0.05) is 22.7 Å². The number of fused-ring (bicyclic) bond motifs is 1. The van der Waals surface area contributed by atoms with Crippen LogP contribution in [0.1, 0.15) is 34.6 Å². The van der Waals surface area contributed by atoms with E-state index in [1.807, 2.05) is 12.2 Å². The molecule has 0 saturated carbocycles. The van der Waals surface area contributed by atoms with Crippen molar-refractivity contribution in [2.24, 2.45) is 16.3 Å². The van der Waals surface area contributed by atoms with E-state index in [0.717, 1.165) is 11.3 Å². The molecule has 1 aliphatic carbocycles. The molecule has 0 spiro atoms. The minimum Gasteiger partial charge on any atom is -0.478 e. The van der Waals surface area contributed by atoms with E-state index in [-0.39, 0.29) is 17.2 Å². The normalized spacial score (nSPS) is 20.6. The first-order valence-electron chi connectivity index (χ1n) is 9.46. The number of benzene rings is 1. The van der Waals surface area contributed by atoms with Crippen molar-refractivity contribution >= 4 is 29.1 Å². The van der Waals surface area contributed by atoms with Gasteiger partial charge in [0.25, 0.3) is 5.91 Å². The number of rotatable bonds is 3. The number of carbonyl (C=O) groups is 2. The second-order valence-corrected chi connectivity index (χ2v) is 9.12. The highest BCUT2D eigenvalue weighted by molar-refractivity contribution is 6.30. The van der Waals surface area contributed by atoms with Crippen LogP contribution >= 0.6 is 11.6 Å². The van der Waals surface area contributed by atoms with Crippen molar-refractivity contribution in [3.8, 4) is 5.75 Å². The molecule has 1 aromatic rings. The van der Waals surface area contributed by atoms with Crippen LogP contribution in [0.5, 0.6) is 5.75 Å². The lowest BCUT2D eigenvalue weighted by atomic mass is 9.74. The third kappa shape index (κ3) is 4.85. The molecule has 1 heterocycles. The molecule has 1 aliphatic heterocycles. The molecule has 0 aromatic heterocycles. The molecule has 2 amide bonds. The van der Waals surface area contributed by atoms with Crippen LogP contribution in [0.25, 0.3) is 0 Å². The summed E-state index contributed by atoms with van der Waals surface area (Å²) in [7, 11) is 0. The standard InChI is InChI=1S/C23H25ClN2O3/c1-22(2,3)18-13-20(27)26-19-12-15(8-11-17(18)19)25-21(28)23(4,5)29-16-9-6-14(24)7-10-16/h6-13,17H,1-5H3,(H,26,27). The van der Waals surface area contributed by atoms with Gasteiger partial charge in [0.2, 0.25) is 5.91 Å². The lowest BCUT2D eigenvalue weighted by Crippen LogP contribution is -2.38. The molecule has 29 heavy (non-hydrogen) atoms. The second-order valence-electron chi connectivity index (χ2n) is 8.68. The SMILES string of the molecule is CC(C)(C)C1=CC(=O)NC2=CC(=NC(=O)C(C)(C)Oc3ccc(Cl)cc3)C=CC21. The minimum absolute atomic E-state index is 0.0277. The van der Waals surface area contributed by atoms with Crippen molar-refractivity contribution in [1.29, 1.82) is 0 Å². The van der Waals surface area contributed by atoms with E-state index in [2.05, 4.69) is 31.1 Å². The van der Waals surface area contributed by atoms with Crippen molar-refractivity contribution in [2.75, 3.05) is 0 Å². The Morgan fingerprint density at radius 1 is 1.10 bits per heavy atom. The molecule has 2 aliphatic rings. The summed E-state index contributed by atoms with van der Waals surface area (Å²) in [6.45, 7) is 9.56. The fourth-order valence-corrected chi connectivity index (χ4v) is 3.36. The zero-order valence-electron chi connectivity index (χ0n) is 17.2. The maximum atomic E-state index is 12.8. The van der Waals surface area contributed by atoms with Gasteiger partial charge in [-0.3, -0.25) is 9.59 Å². The van der Waals surface area contributed by atoms with Crippen molar-refractivity contribution < 1.29 is 14.3 Å². The van der Waals surface area contributed by atoms with E-state index in [4.69, 9.17) is 16.3 Å². The van der Waals surface area contributed by atoms with Gasteiger partial charge in [-0.15, -0.1) is 0 Å². The first kappa shape index (κ1) is 21.1. The van der Waals surface area contributed by atoms with E-state index < -0.39 is 11.5 Å². The molecule has 6 heteroatoms. The van der Waals surface area contributed by atoms with Gasteiger partial charge in [0.05, 0.1) is 5.71 Å². The fraction of sp³-hybridized carbons (Fsp3) is 0.348. The summed E-state index contributed by atoms with van der Waals surface area (Å²) in [6, 6.07) is 6.80. The zero-order valence-corrected chi connectivity index (χ0v) is 18.0. The summed E-state index contributed by atoms with van der Waals surface area (Å²) >= 11 is 5.89. The fourth-order valence-electron chi connectivity index (χ4n) is 3.24. The van der Waals surface area contributed by atoms with Crippen molar-refractivity contribution in [2.45, 2.75) is 40.2 Å². The Morgan fingerprint density at radius 2 is 1.76 bits per heavy atom. The molecule has 1 atom stereocenters. The second kappa shape index (κ2) is 7.64. The highest BCUT2D eigenvalue weighted by atomic mass is 35.5. The van der Waals surface area contributed by atoms with Crippen LogP contribution in [0.4, 0.5) is 0 Å². The Hall–Kier alpha value is -2.66. The topological polar surface area (TPSA) is 67.8 Å². The summed E-state index contributed by atoms with van der Waals surface area (Å²) < 4.78 is 5.81. The number of allylic oxidation sites excluding steroid dienone is 3. The largest absolute Gasteiger partial charge is 0.478 e. The molecule has 1 aromatic carbocycles. The summed E-state index contributed by atoms with van der Waals surface area (Å²) in [5.74, 6) is -0.0777. The van der Waals surface area contributed by atoms with Crippen LogP contribution in [0.15, 0.2) is 64.8 Å². The third-order valence-electron chi connectivity index (χ3n) is 4.79. The molecule has 0 saturated heterocycles. The predicted molar refractivity (Wildman–Crippen MR) is 115 cm³/mol. The van der Waals surface area contributed by atoms with E-state index in [0.29, 0.717) is 16.5 Å². The minimum atomic E-state index is -1.16. The van der Waals surface area contributed by atoms with E-state index in [1.165, 1.54) is 0 Å². The number of ether oxygens (including phenoxy) is 1. The number of hydrogen-bond acceptors (Lipinski definition) is 3. The van der Waals surface area contributed by atoms with Gasteiger partial charge < -0.3 is 10.1 Å². The lowest BCUT2D eigenvalue weighted by Gasteiger charge is -2.34. The highest BCUT2D eigenvalue weighted by Crippen LogP contribution is 2.38. The Kier molecular flexibility index (Phi) is 5.54. The van der Waals surface area contributed by atoms with Crippen LogP contribution in [-0.4, -0.2) is 23.1 Å². The van der Waals surface area contributed by atoms with E-state index >= 15 is 0 Å². The van der Waals surface area contributed by atoms with Gasteiger partial charge in [0.15, 0.2) is 5.60 Å².